The minimum Gasteiger partial charge on any atom is -0.208 e. The van der Waals surface area contributed by atoms with E-state index in [9.17, 15) is 20.7 Å². The number of rotatable bonds is 6. The molecule has 1 aromatic rings. The molecule has 0 aliphatic carbocycles. The SMILES string of the molecule is CCC(NS(=O)(=O)c1ccc(S(=O)(=O)F)cc1)C(C)C. The number of nitrogens with one attached hydrogen (secondary N) is 1. The van der Waals surface area contributed by atoms with Crippen LogP contribution in [0.5, 0.6) is 0 Å². The molecule has 0 aliphatic rings. The van der Waals surface area contributed by atoms with Gasteiger partial charge in [0.1, 0.15) is 0 Å². The number of hydrogen-bond acceptors (Lipinski definition) is 4. The Morgan fingerprint density at radius 1 is 1.05 bits per heavy atom. The first-order chi connectivity index (χ1) is 9.08. The van der Waals surface area contributed by atoms with Crippen LogP contribution in [0.4, 0.5) is 3.89 Å². The average Bonchev–Trinajstić information content (AvgIpc) is 2.35. The van der Waals surface area contributed by atoms with E-state index in [4.69, 9.17) is 0 Å². The molecule has 0 radical (unpaired) electrons. The molecule has 0 amide bonds. The van der Waals surface area contributed by atoms with Gasteiger partial charge in [0.25, 0.3) is 0 Å². The molecule has 0 saturated carbocycles. The smallest absolute Gasteiger partial charge is 0.208 e. The van der Waals surface area contributed by atoms with Gasteiger partial charge in [0.05, 0.1) is 9.79 Å². The third kappa shape index (κ3) is 4.26. The lowest BCUT2D eigenvalue weighted by molar-refractivity contribution is 0.437. The zero-order valence-corrected chi connectivity index (χ0v) is 13.1. The van der Waals surface area contributed by atoms with Gasteiger partial charge in [0.2, 0.25) is 10.0 Å². The molecule has 1 atom stereocenters. The maximum absolute atomic E-state index is 12.7. The van der Waals surface area contributed by atoms with Gasteiger partial charge >= 0.3 is 10.2 Å². The standard InChI is InChI=1S/C12H18FNO4S2/c1-4-12(9(2)3)14-20(17,18)11-7-5-10(6-8-11)19(13,15)16/h5-9,12,14H,4H2,1-3H3. The summed E-state index contributed by atoms with van der Waals surface area (Å²) in [5.41, 5.74) is 0. The molecule has 20 heavy (non-hydrogen) atoms. The molecular formula is C12H18FNO4S2. The van der Waals surface area contributed by atoms with Crippen LogP contribution in [-0.2, 0) is 20.2 Å². The van der Waals surface area contributed by atoms with Crippen molar-refractivity contribution < 1.29 is 20.7 Å². The lowest BCUT2D eigenvalue weighted by atomic mass is 10.0. The predicted molar refractivity (Wildman–Crippen MR) is 74.0 cm³/mol. The summed E-state index contributed by atoms with van der Waals surface area (Å²) in [6.07, 6.45) is 0.633. The van der Waals surface area contributed by atoms with Gasteiger partial charge in [-0.3, -0.25) is 0 Å². The van der Waals surface area contributed by atoms with Gasteiger partial charge in [0, 0.05) is 6.04 Å². The van der Waals surface area contributed by atoms with Crippen LogP contribution in [0.25, 0.3) is 0 Å². The first-order valence-corrected chi connectivity index (χ1v) is 9.01. The second kappa shape index (κ2) is 6.19. The van der Waals surface area contributed by atoms with E-state index in [0.29, 0.717) is 6.42 Å². The van der Waals surface area contributed by atoms with Gasteiger partial charge in [0.15, 0.2) is 0 Å². The van der Waals surface area contributed by atoms with E-state index in [2.05, 4.69) is 4.72 Å². The molecule has 8 heteroatoms. The maximum atomic E-state index is 12.7. The minimum absolute atomic E-state index is 0.0935. The summed E-state index contributed by atoms with van der Waals surface area (Å²) in [5.74, 6) is 0.125. The van der Waals surface area contributed by atoms with Gasteiger partial charge in [-0.1, -0.05) is 20.8 Å². The van der Waals surface area contributed by atoms with Crippen molar-refractivity contribution in [2.75, 3.05) is 0 Å². The second-order valence-electron chi connectivity index (χ2n) is 4.79. The van der Waals surface area contributed by atoms with Gasteiger partial charge in [-0.25, -0.2) is 13.1 Å². The van der Waals surface area contributed by atoms with Crippen molar-refractivity contribution in [1.82, 2.24) is 4.72 Å². The van der Waals surface area contributed by atoms with E-state index in [0.717, 1.165) is 24.3 Å². The summed E-state index contributed by atoms with van der Waals surface area (Å²) in [6.45, 7) is 5.66. The molecule has 1 N–H and O–H groups in total. The van der Waals surface area contributed by atoms with Crippen molar-refractivity contribution in [2.24, 2.45) is 5.92 Å². The summed E-state index contributed by atoms with van der Waals surface area (Å²) >= 11 is 0. The Labute approximate surface area is 119 Å². The molecule has 1 unspecified atom stereocenters. The van der Waals surface area contributed by atoms with Crippen LogP contribution >= 0.6 is 0 Å². The van der Waals surface area contributed by atoms with E-state index < -0.39 is 25.1 Å². The Kier molecular flexibility index (Phi) is 5.28. The van der Waals surface area contributed by atoms with Crippen LogP contribution in [0.15, 0.2) is 34.1 Å². The number of hydrogen-bond donors (Lipinski definition) is 1. The Balaban J connectivity index is 3.05. The van der Waals surface area contributed by atoms with E-state index in [1.807, 2.05) is 20.8 Å². The van der Waals surface area contributed by atoms with Gasteiger partial charge in [-0.05, 0) is 36.6 Å². The summed E-state index contributed by atoms with van der Waals surface area (Å²) in [7, 11) is -8.57. The van der Waals surface area contributed by atoms with Crippen molar-refractivity contribution in [3.8, 4) is 0 Å². The van der Waals surface area contributed by atoms with Crippen molar-refractivity contribution in [1.29, 1.82) is 0 Å². The van der Waals surface area contributed by atoms with E-state index in [1.54, 1.807) is 0 Å². The number of sulfonamides is 1. The minimum atomic E-state index is -4.82. The molecule has 1 rings (SSSR count). The Morgan fingerprint density at radius 3 is 1.85 bits per heavy atom. The molecule has 5 nitrogen and oxygen atoms in total. The largest absolute Gasteiger partial charge is 0.332 e. The highest BCUT2D eigenvalue weighted by atomic mass is 32.3. The molecule has 0 spiro atoms. The highest BCUT2D eigenvalue weighted by Gasteiger charge is 2.22. The monoisotopic (exact) mass is 323 g/mol. The quantitative estimate of drug-likeness (QED) is 0.813. The number of benzene rings is 1. The van der Waals surface area contributed by atoms with Crippen LogP contribution < -0.4 is 4.72 Å². The topological polar surface area (TPSA) is 80.3 Å². The summed E-state index contributed by atoms with van der Waals surface area (Å²) < 4.78 is 60.8. The molecule has 0 aromatic heterocycles. The zero-order chi connectivity index (χ0) is 15.6. The highest BCUT2D eigenvalue weighted by Crippen LogP contribution is 2.17. The van der Waals surface area contributed by atoms with Crippen LogP contribution in [0.1, 0.15) is 27.2 Å². The predicted octanol–water partition coefficient (Wildman–Crippen LogP) is 2.06. The average molecular weight is 323 g/mol. The molecule has 0 saturated heterocycles. The van der Waals surface area contributed by atoms with Gasteiger partial charge < -0.3 is 0 Å². The van der Waals surface area contributed by atoms with Gasteiger partial charge in [-0.2, -0.15) is 8.42 Å². The van der Waals surface area contributed by atoms with Gasteiger partial charge in [-0.15, -0.1) is 3.89 Å². The summed E-state index contributed by atoms with van der Waals surface area (Å²) in [4.78, 5) is -0.656. The fraction of sp³-hybridized carbons (Fsp3) is 0.500. The second-order valence-corrected chi connectivity index (χ2v) is 7.85. The maximum Gasteiger partial charge on any atom is 0.332 e. The molecule has 0 bridgehead atoms. The van der Waals surface area contributed by atoms with Crippen LogP contribution in [0.3, 0.4) is 0 Å². The highest BCUT2D eigenvalue weighted by molar-refractivity contribution is 7.89. The Morgan fingerprint density at radius 2 is 1.50 bits per heavy atom. The van der Waals surface area contributed by atoms with Crippen molar-refractivity contribution in [3.63, 3.8) is 0 Å². The lowest BCUT2D eigenvalue weighted by Gasteiger charge is -2.20. The molecule has 1 aromatic carbocycles. The molecule has 0 aliphatic heterocycles. The Hall–Kier alpha value is -0.990. The molecule has 114 valence electrons. The zero-order valence-electron chi connectivity index (χ0n) is 11.5. The van der Waals surface area contributed by atoms with Crippen LogP contribution in [-0.4, -0.2) is 22.9 Å². The first-order valence-electron chi connectivity index (χ1n) is 6.15. The van der Waals surface area contributed by atoms with E-state index in [-0.39, 0.29) is 16.9 Å². The van der Waals surface area contributed by atoms with E-state index >= 15 is 0 Å². The van der Waals surface area contributed by atoms with Crippen molar-refractivity contribution >= 4 is 20.2 Å². The third-order valence-electron chi connectivity index (χ3n) is 2.97. The fourth-order valence-corrected chi connectivity index (χ4v) is 3.67. The van der Waals surface area contributed by atoms with Crippen molar-refractivity contribution in [3.05, 3.63) is 24.3 Å². The first kappa shape index (κ1) is 17.1. The van der Waals surface area contributed by atoms with E-state index in [1.165, 1.54) is 0 Å². The fourth-order valence-electron chi connectivity index (χ4n) is 1.74. The summed E-state index contributed by atoms with van der Waals surface area (Å²) in [6, 6.07) is 3.79. The number of halogens is 1. The van der Waals surface area contributed by atoms with Crippen molar-refractivity contribution in [2.45, 2.75) is 43.0 Å². The normalized spacial score (nSPS) is 14.4. The molecular weight excluding hydrogens is 305 g/mol. The molecule has 0 fully saturated rings. The molecule has 0 heterocycles. The Bertz CT molecular complexity index is 651. The van der Waals surface area contributed by atoms with Crippen LogP contribution in [0, 0.1) is 5.92 Å². The summed E-state index contributed by atoms with van der Waals surface area (Å²) in [5, 5.41) is 0. The lowest BCUT2D eigenvalue weighted by Crippen LogP contribution is -2.37. The third-order valence-corrected chi connectivity index (χ3v) is 5.31. The van der Waals surface area contributed by atoms with Crippen LogP contribution in [0.2, 0.25) is 0 Å².